The van der Waals surface area contributed by atoms with Gasteiger partial charge < -0.3 is 5.11 Å². The molecule has 98 valence electrons. The number of carbonyl (C=O) groups is 1. The summed E-state index contributed by atoms with van der Waals surface area (Å²) < 4.78 is 0. The summed E-state index contributed by atoms with van der Waals surface area (Å²) in [4.78, 5) is 13.8. The molecule has 1 saturated carbocycles. The Balaban J connectivity index is 2.00. The highest BCUT2D eigenvalue weighted by atomic mass is 16.4. The fraction of sp³-hybridized carbons (Fsp3) is 0.929. The summed E-state index contributed by atoms with van der Waals surface area (Å²) in [6, 6.07) is 0.312. The Kier molecular flexibility index (Phi) is 4.43. The second-order valence-electron chi connectivity index (χ2n) is 5.87. The summed E-state index contributed by atoms with van der Waals surface area (Å²) in [6.45, 7) is 4.54. The van der Waals surface area contributed by atoms with E-state index in [1.54, 1.807) is 0 Å². The number of likely N-dealkylation sites (tertiary alicyclic amines) is 1. The van der Waals surface area contributed by atoms with Crippen molar-refractivity contribution >= 4 is 5.97 Å². The molecule has 3 nitrogen and oxygen atoms in total. The standard InChI is InChI=1S/C14H25NO2/c1-11-5-4-9-15(10-8-11)13-7-3-2-6-12(13)14(16)17/h11-13H,2-10H2,1H3,(H,16,17). The van der Waals surface area contributed by atoms with Crippen LogP contribution in [-0.4, -0.2) is 35.1 Å². The number of carboxylic acids is 1. The highest BCUT2D eigenvalue weighted by Crippen LogP contribution is 2.31. The van der Waals surface area contributed by atoms with Gasteiger partial charge in [-0.3, -0.25) is 9.69 Å². The summed E-state index contributed by atoms with van der Waals surface area (Å²) >= 11 is 0. The number of carboxylic acid groups (broad SMARTS) is 1. The van der Waals surface area contributed by atoms with Gasteiger partial charge in [0.15, 0.2) is 0 Å². The third-order valence-electron chi connectivity index (χ3n) is 4.57. The third kappa shape index (κ3) is 3.21. The van der Waals surface area contributed by atoms with E-state index < -0.39 is 5.97 Å². The van der Waals surface area contributed by atoms with Gasteiger partial charge in [0.1, 0.15) is 0 Å². The van der Waals surface area contributed by atoms with Crippen molar-refractivity contribution in [3.8, 4) is 0 Å². The molecule has 3 heteroatoms. The maximum atomic E-state index is 11.3. The van der Waals surface area contributed by atoms with Crippen LogP contribution in [0.3, 0.4) is 0 Å². The normalized spacial score (nSPS) is 36.4. The van der Waals surface area contributed by atoms with Gasteiger partial charge in [-0.1, -0.05) is 19.8 Å². The molecular formula is C14H25NO2. The van der Waals surface area contributed by atoms with Crippen molar-refractivity contribution in [3.63, 3.8) is 0 Å². The highest BCUT2D eigenvalue weighted by Gasteiger charge is 2.35. The van der Waals surface area contributed by atoms with E-state index in [0.29, 0.717) is 6.04 Å². The highest BCUT2D eigenvalue weighted by molar-refractivity contribution is 5.71. The van der Waals surface area contributed by atoms with Crippen LogP contribution in [0.2, 0.25) is 0 Å². The zero-order valence-electron chi connectivity index (χ0n) is 10.9. The van der Waals surface area contributed by atoms with Crippen LogP contribution >= 0.6 is 0 Å². The zero-order chi connectivity index (χ0) is 12.3. The molecule has 1 aliphatic carbocycles. The van der Waals surface area contributed by atoms with Crippen molar-refractivity contribution in [1.29, 1.82) is 0 Å². The van der Waals surface area contributed by atoms with E-state index in [4.69, 9.17) is 0 Å². The Labute approximate surface area is 104 Å². The monoisotopic (exact) mass is 239 g/mol. The van der Waals surface area contributed by atoms with Gasteiger partial charge in [-0.05, 0) is 51.1 Å². The first kappa shape index (κ1) is 12.9. The first-order valence-corrected chi connectivity index (χ1v) is 7.15. The molecule has 0 bridgehead atoms. The summed E-state index contributed by atoms with van der Waals surface area (Å²) in [5.41, 5.74) is 0. The molecule has 0 aromatic rings. The van der Waals surface area contributed by atoms with Gasteiger partial charge >= 0.3 is 5.97 Å². The lowest BCUT2D eigenvalue weighted by atomic mass is 9.83. The van der Waals surface area contributed by atoms with Crippen molar-refractivity contribution < 1.29 is 9.90 Å². The van der Waals surface area contributed by atoms with Crippen LogP contribution in [0.15, 0.2) is 0 Å². The fourth-order valence-electron chi connectivity index (χ4n) is 3.45. The largest absolute Gasteiger partial charge is 0.481 e. The molecule has 1 N–H and O–H groups in total. The Bertz CT molecular complexity index is 267. The van der Waals surface area contributed by atoms with Crippen molar-refractivity contribution in [3.05, 3.63) is 0 Å². The van der Waals surface area contributed by atoms with Crippen LogP contribution in [0.4, 0.5) is 0 Å². The number of hydrogen-bond acceptors (Lipinski definition) is 2. The van der Waals surface area contributed by atoms with Crippen LogP contribution in [0.1, 0.15) is 51.9 Å². The summed E-state index contributed by atoms with van der Waals surface area (Å²) in [6.07, 6.45) is 8.06. The molecule has 17 heavy (non-hydrogen) atoms. The van der Waals surface area contributed by atoms with Crippen LogP contribution in [0, 0.1) is 11.8 Å². The maximum Gasteiger partial charge on any atom is 0.308 e. The van der Waals surface area contributed by atoms with Gasteiger partial charge in [0.2, 0.25) is 0 Å². The SMILES string of the molecule is CC1CCCN(C2CCCCC2C(=O)O)CC1. The van der Waals surface area contributed by atoms with E-state index in [-0.39, 0.29) is 5.92 Å². The zero-order valence-corrected chi connectivity index (χ0v) is 10.9. The molecule has 0 spiro atoms. The van der Waals surface area contributed by atoms with Crippen molar-refractivity contribution in [2.24, 2.45) is 11.8 Å². The first-order valence-electron chi connectivity index (χ1n) is 7.15. The number of aliphatic carboxylic acids is 1. The van der Waals surface area contributed by atoms with E-state index in [1.807, 2.05) is 0 Å². The summed E-state index contributed by atoms with van der Waals surface area (Å²) in [5, 5.41) is 9.33. The van der Waals surface area contributed by atoms with E-state index in [9.17, 15) is 9.90 Å². The average molecular weight is 239 g/mol. The van der Waals surface area contributed by atoms with Gasteiger partial charge in [-0.15, -0.1) is 0 Å². The van der Waals surface area contributed by atoms with Crippen molar-refractivity contribution in [2.75, 3.05) is 13.1 Å². The second-order valence-corrected chi connectivity index (χ2v) is 5.87. The van der Waals surface area contributed by atoms with Crippen LogP contribution in [0.25, 0.3) is 0 Å². The molecule has 1 saturated heterocycles. The summed E-state index contributed by atoms with van der Waals surface area (Å²) in [7, 11) is 0. The van der Waals surface area contributed by atoms with Crippen LogP contribution in [0.5, 0.6) is 0 Å². The molecule has 3 unspecified atom stereocenters. The number of nitrogens with zero attached hydrogens (tertiary/aromatic N) is 1. The first-order chi connectivity index (χ1) is 8.18. The molecule has 0 radical (unpaired) electrons. The molecule has 2 fully saturated rings. The van der Waals surface area contributed by atoms with Gasteiger partial charge in [0.25, 0.3) is 0 Å². The molecule has 0 aromatic carbocycles. The van der Waals surface area contributed by atoms with Gasteiger partial charge in [0, 0.05) is 6.04 Å². The quantitative estimate of drug-likeness (QED) is 0.805. The molecule has 3 atom stereocenters. The van der Waals surface area contributed by atoms with E-state index in [1.165, 1.54) is 25.7 Å². The van der Waals surface area contributed by atoms with Crippen molar-refractivity contribution in [2.45, 2.75) is 57.9 Å². The second kappa shape index (κ2) is 5.85. The predicted octanol–water partition coefficient (Wildman–Crippen LogP) is 2.75. The number of hydrogen-bond donors (Lipinski definition) is 1. The van der Waals surface area contributed by atoms with Crippen LogP contribution in [-0.2, 0) is 4.79 Å². The van der Waals surface area contributed by atoms with E-state index in [0.717, 1.165) is 38.3 Å². The minimum atomic E-state index is -0.577. The fourth-order valence-corrected chi connectivity index (χ4v) is 3.45. The van der Waals surface area contributed by atoms with Gasteiger partial charge in [-0.25, -0.2) is 0 Å². The molecule has 0 aromatic heterocycles. The molecule has 2 aliphatic rings. The Morgan fingerprint density at radius 1 is 1.06 bits per heavy atom. The minimum absolute atomic E-state index is 0.114. The Morgan fingerprint density at radius 3 is 2.59 bits per heavy atom. The molecular weight excluding hydrogens is 214 g/mol. The predicted molar refractivity (Wildman–Crippen MR) is 68.0 cm³/mol. The smallest absolute Gasteiger partial charge is 0.308 e. The summed E-state index contributed by atoms with van der Waals surface area (Å²) in [5.74, 6) is 0.121. The molecule has 2 rings (SSSR count). The van der Waals surface area contributed by atoms with Crippen LogP contribution < -0.4 is 0 Å². The van der Waals surface area contributed by atoms with Crippen molar-refractivity contribution in [1.82, 2.24) is 4.90 Å². The average Bonchev–Trinajstić information content (AvgIpc) is 2.54. The Morgan fingerprint density at radius 2 is 1.82 bits per heavy atom. The lowest BCUT2D eigenvalue weighted by molar-refractivity contribution is -0.145. The van der Waals surface area contributed by atoms with E-state index >= 15 is 0 Å². The van der Waals surface area contributed by atoms with E-state index in [2.05, 4.69) is 11.8 Å². The Hall–Kier alpha value is -0.570. The maximum absolute atomic E-state index is 11.3. The minimum Gasteiger partial charge on any atom is -0.481 e. The third-order valence-corrected chi connectivity index (χ3v) is 4.57. The molecule has 0 amide bonds. The topological polar surface area (TPSA) is 40.5 Å². The van der Waals surface area contributed by atoms with Gasteiger partial charge in [0.05, 0.1) is 5.92 Å². The molecule has 1 aliphatic heterocycles. The number of rotatable bonds is 2. The molecule has 1 heterocycles. The lowest BCUT2D eigenvalue weighted by Gasteiger charge is -2.37. The lowest BCUT2D eigenvalue weighted by Crippen LogP contribution is -2.45. The van der Waals surface area contributed by atoms with Gasteiger partial charge in [-0.2, -0.15) is 0 Å².